The van der Waals surface area contributed by atoms with Gasteiger partial charge in [0.05, 0.1) is 6.61 Å². The van der Waals surface area contributed by atoms with Crippen LogP contribution in [0.3, 0.4) is 0 Å². The van der Waals surface area contributed by atoms with E-state index in [4.69, 9.17) is 30.0 Å². The van der Waals surface area contributed by atoms with Crippen LogP contribution in [-0.4, -0.2) is 6.61 Å². The second kappa shape index (κ2) is 7.30. The standard InChI is InChI=1S/C19H22OS2/c1-5-20-16-9-7-13(3)17(11-16)19(22)18(21)15-8-6-12(2)14(4)10-15/h6-11,21-22H,5H2,1-4H3. The van der Waals surface area contributed by atoms with Crippen LogP contribution >= 0.6 is 25.3 Å². The maximum Gasteiger partial charge on any atom is 0.119 e. The van der Waals surface area contributed by atoms with E-state index in [0.29, 0.717) is 6.61 Å². The van der Waals surface area contributed by atoms with Crippen molar-refractivity contribution in [3.05, 3.63) is 64.2 Å². The molecule has 0 aromatic heterocycles. The third-order valence-corrected chi connectivity index (χ3v) is 4.90. The number of hydrogen-bond donors (Lipinski definition) is 2. The molecule has 0 radical (unpaired) electrons. The van der Waals surface area contributed by atoms with E-state index < -0.39 is 0 Å². The first-order valence-corrected chi connectivity index (χ1v) is 8.27. The highest BCUT2D eigenvalue weighted by Crippen LogP contribution is 2.35. The summed E-state index contributed by atoms with van der Waals surface area (Å²) in [5, 5.41) is 0. The molecule has 116 valence electrons. The van der Waals surface area contributed by atoms with Crippen molar-refractivity contribution in [2.75, 3.05) is 6.61 Å². The van der Waals surface area contributed by atoms with Gasteiger partial charge in [0.1, 0.15) is 5.75 Å². The minimum Gasteiger partial charge on any atom is -0.494 e. The molecule has 1 nitrogen and oxygen atoms in total. The van der Waals surface area contributed by atoms with Gasteiger partial charge >= 0.3 is 0 Å². The Balaban J connectivity index is 2.49. The summed E-state index contributed by atoms with van der Waals surface area (Å²) in [7, 11) is 0. The van der Waals surface area contributed by atoms with Gasteiger partial charge in [-0.05, 0) is 67.6 Å². The maximum atomic E-state index is 5.59. The smallest absolute Gasteiger partial charge is 0.119 e. The van der Waals surface area contributed by atoms with Crippen LogP contribution in [0.5, 0.6) is 5.75 Å². The van der Waals surface area contributed by atoms with Gasteiger partial charge in [0.15, 0.2) is 0 Å². The number of ether oxygens (including phenoxy) is 1. The Labute approximate surface area is 144 Å². The van der Waals surface area contributed by atoms with Crippen molar-refractivity contribution in [3.63, 3.8) is 0 Å². The molecule has 2 aromatic carbocycles. The average molecular weight is 331 g/mol. The van der Waals surface area contributed by atoms with E-state index in [1.807, 2.05) is 19.1 Å². The molecule has 0 bridgehead atoms. The summed E-state index contributed by atoms with van der Waals surface area (Å²) in [6.45, 7) is 8.93. The molecule has 0 fully saturated rings. The van der Waals surface area contributed by atoms with Crippen molar-refractivity contribution in [1.29, 1.82) is 0 Å². The fraction of sp³-hybridized carbons (Fsp3) is 0.263. The molecular formula is C19H22OS2. The first-order chi connectivity index (χ1) is 10.4. The van der Waals surface area contributed by atoms with Crippen molar-refractivity contribution < 1.29 is 4.74 Å². The van der Waals surface area contributed by atoms with Gasteiger partial charge < -0.3 is 4.74 Å². The molecule has 22 heavy (non-hydrogen) atoms. The van der Waals surface area contributed by atoms with Crippen LogP contribution in [0.4, 0.5) is 0 Å². The Morgan fingerprint density at radius 1 is 0.864 bits per heavy atom. The van der Waals surface area contributed by atoms with Gasteiger partial charge in [-0.2, -0.15) is 0 Å². The van der Waals surface area contributed by atoms with Crippen LogP contribution in [0.25, 0.3) is 9.81 Å². The van der Waals surface area contributed by atoms with E-state index in [2.05, 4.69) is 45.0 Å². The molecule has 0 heterocycles. The highest BCUT2D eigenvalue weighted by Gasteiger charge is 2.10. The number of rotatable bonds is 4. The van der Waals surface area contributed by atoms with Crippen molar-refractivity contribution in [1.82, 2.24) is 0 Å². The number of thiol groups is 2. The highest BCUT2D eigenvalue weighted by molar-refractivity contribution is 7.96. The normalized spacial score (nSPS) is 12.1. The number of benzene rings is 2. The van der Waals surface area contributed by atoms with Crippen molar-refractivity contribution >= 4 is 35.1 Å². The van der Waals surface area contributed by atoms with E-state index in [9.17, 15) is 0 Å². The molecule has 0 N–H and O–H groups in total. The molecule has 0 aliphatic rings. The van der Waals surface area contributed by atoms with Gasteiger partial charge in [-0.25, -0.2) is 0 Å². The summed E-state index contributed by atoms with van der Waals surface area (Å²) in [6, 6.07) is 12.4. The summed E-state index contributed by atoms with van der Waals surface area (Å²) in [6.07, 6.45) is 0. The third-order valence-electron chi connectivity index (χ3n) is 3.78. The minimum atomic E-state index is 0.652. The first-order valence-electron chi connectivity index (χ1n) is 7.37. The topological polar surface area (TPSA) is 9.23 Å². The summed E-state index contributed by atoms with van der Waals surface area (Å²) in [4.78, 5) is 1.74. The summed E-state index contributed by atoms with van der Waals surface area (Å²) < 4.78 is 5.59. The van der Waals surface area contributed by atoms with Gasteiger partial charge in [-0.3, -0.25) is 0 Å². The lowest BCUT2D eigenvalue weighted by Crippen LogP contribution is -1.94. The van der Waals surface area contributed by atoms with E-state index in [1.54, 1.807) is 0 Å². The van der Waals surface area contributed by atoms with Gasteiger partial charge in [-0.1, -0.05) is 24.3 Å². The van der Waals surface area contributed by atoms with Crippen LogP contribution in [0.15, 0.2) is 36.4 Å². The molecule has 3 heteroatoms. The second-order valence-electron chi connectivity index (χ2n) is 5.41. The van der Waals surface area contributed by atoms with Crippen molar-refractivity contribution in [3.8, 4) is 5.75 Å². The molecule has 0 atom stereocenters. The average Bonchev–Trinajstić information content (AvgIpc) is 2.51. The second-order valence-corrected chi connectivity index (χ2v) is 6.30. The van der Waals surface area contributed by atoms with E-state index in [0.717, 1.165) is 32.3 Å². The Bertz CT molecular complexity index is 717. The van der Waals surface area contributed by atoms with E-state index in [1.165, 1.54) is 11.1 Å². The Morgan fingerprint density at radius 2 is 1.55 bits per heavy atom. The van der Waals surface area contributed by atoms with E-state index >= 15 is 0 Å². The van der Waals surface area contributed by atoms with Gasteiger partial charge in [0, 0.05) is 9.81 Å². The summed E-state index contributed by atoms with van der Waals surface area (Å²) >= 11 is 9.42. The predicted octanol–water partition coefficient (Wildman–Crippen LogP) is 5.70. The minimum absolute atomic E-state index is 0.652. The zero-order chi connectivity index (χ0) is 16.3. The lowest BCUT2D eigenvalue weighted by atomic mass is 10.0. The van der Waals surface area contributed by atoms with Crippen LogP contribution in [-0.2, 0) is 0 Å². The lowest BCUT2D eigenvalue weighted by Gasteiger charge is -2.13. The fourth-order valence-corrected chi connectivity index (χ4v) is 2.90. The predicted molar refractivity (Wildman–Crippen MR) is 103 cm³/mol. The molecule has 0 aliphatic carbocycles. The third kappa shape index (κ3) is 3.71. The quantitative estimate of drug-likeness (QED) is 0.540. The molecule has 0 saturated carbocycles. The van der Waals surface area contributed by atoms with Crippen molar-refractivity contribution in [2.45, 2.75) is 27.7 Å². The Hall–Kier alpha value is -1.32. The van der Waals surface area contributed by atoms with Crippen LogP contribution in [0, 0.1) is 20.8 Å². The first kappa shape index (κ1) is 17.0. The van der Waals surface area contributed by atoms with Crippen LogP contribution in [0.2, 0.25) is 0 Å². The zero-order valence-electron chi connectivity index (χ0n) is 13.5. The Kier molecular flexibility index (Phi) is 5.65. The van der Waals surface area contributed by atoms with Gasteiger partial charge in [0.2, 0.25) is 0 Å². The highest BCUT2D eigenvalue weighted by atomic mass is 32.1. The molecule has 0 spiro atoms. The maximum absolute atomic E-state index is 5.59. The lowest BCUT2D eigenvalue weighted by molar-refractivity contribution is 0.340. The largest absolute Gasteiger partial charge is 0.494 e. The Morgan fingerprint density at radius 3 is 2.18 bits per heavy atom. The van der Waals surface area contributed by atoms with Gasteiger partial charge in [0.25, 0.3) is 0 Å². The molecule has 0 aliphatic heterocycles. The number of aryl methyl sites for hydroxylation is 3. The van der Waals surface area contributed by atoms with Gasteiger partial charge in [-0.15, -0.1) is 25.3 Å². The summed E-state index contributed by atoms with van der Waals surface area (Å²) in [5.41, 5.74) is 5.82. The molecule has 2 aromatic rings. The molecular weight excluding hydrogens is 308 g/mol. The molecule has 0 unspecified atom stereocenters. The van der Waals surface area contributed by atoms with Crippen LogP contribution < -0.4 is 4.74 Å². The molecule has 0 saturated heterocycles. The molecule has 2 rings (SSSR count). The zero-order valence-corrected chi connectivity index (χ0v) is 15.3. The van der Waals surface area contributed by atoms with E-state index in [-0.39, 0.29) is 0 Å². The number of hydrogen-bond acceptors (Lipinski definition) is 3. The van der Waals surface area contributed by atoms with Crippen molar-refractivity contribution in [2.24, 2.45) is 0 Å². The summed E-state index contributed by atoms with van der Waals surface area (Å²) in [5.74, 6) is 0.857. The van der Waals surface area contributed by atoms with Crippen LogP contribution in [0.1, 0.15) is 34.7 Å². The SMILES string of the molecule is CCOc1ccc(C)c(C(S)=C(S)c2ccc(C)c(C)c2)c1. The molecule has 0 amide bonds. The fourth-order valence-electron chi connectivity index (χ4n) is 2.27. The monoisotopic (exact) mass is 330 g/mol.